The summed E-state index contributed by atoms with van der Waals surface area (Å²) in [6.45, 7) is 2.09. The van der Waals surface area contributed by atoms with Crippen LogP contribution in [-0.4, -0.2) is 30.6 Å². The first-order valence-corrected chi connectivity index (χ1v) is 10.7. The van der Waals surface area contributed by atoms with E-state index >= 15 is 0 Å². The summed E-state index contributed by atoms with van der Waals surface area (Å²) >= 11 is 5.91. The summed E-state index contributed by atoms with van der Waals surface area (Å²) < 4.78 is 30.2. The van der Waals surface area contributed by atoms with Crippen LogP contribution in [0.1, 0.15) is 16.7 Å². The molecule has 5 nitrogen and oxygen atoms in total. The van der Waals surface area contributed by atoms with Gasteiger partial charge in [-0.1, -0.05) is 29.8 Å². The zero-order chi connectivity index (χ0) is 22.3. The number of rotatable bonds is 7. The molecule has 3 aromatic carbocycles. The van der Waals surface area contributed by atoms with E-state index in [9.17, 15) is 9.18 Å². The summed E-state index contributed by atoms with van der Waals surface area (Å²) in [6.07, 6.45) is 0. The minimum atomic E-state index is -0.349. The van der Waals surface area contributed by atoms with E-state index in [1.54, 1.807) is 4.90 Å². The normalized spacial score (nSPS) is 13.1. The Morgan fingerprint density at radius 1 is 1.00 bits per heavy atom. The molecule has 0 N–H and O–H groups in total. The van der Waals surface area contributed by atoms with Crippen molar-refractivity contribution in [1.82, 2.24) is 4.90 Å². The molecule has 1 aliphatic rings. The maximum atomic E-state index is 13.0. The van der Waals surface area contributed by atoms with Crippen molar-refractivity contribution in [3.63, 3.8) is 0 Å². The predicted molar refractivity (Wildman–Crippen MR) is 119 cm³/mol. The fourth-order valence-corrected chi connectivity index (χ4v) is 3.51. The Labute approximate surface area is 191 Å². The van der Waals surface area contributed by atoms with E-state index in [1.807, 2.05) is 42.5 Å². The number of halogens is 2. The zero-order valence-electron chi connectivity index (χ0n) is 17.4. The molecule has 166 valence electrons. The predicted octanol–water partition coefficient (Wildman–Crippen LogP) is 5.00. The number of hydrogen-bond donors (Lipinski definition) is 0. The van der Waals surface area contributed by atoms with Crippen LogP contribution in [-0.2, 0) is 29.3 Å². The number of carbonyl (C=O) groups excluding carboxylic acids is 1. The van der Waals surface area contributed by atoms with Gasteiger partial charge in [-0.05, 0) is 59.7 Å². The minimum absolute atomic E-state index is 0.120. The average molecular weight is 456 g/mol. The van der Waals surface area contributed by atoms with E-state index in [0.29, 0.717) is 43.7 Å². The van der Waals surface area contributed by atoms with Crippen molar-refractivity contribution in [2.45, 2.75) is 19.8 Å². The first-order valence-electron chi connectivity index (χ1n) is 10.3. The van der Waals surface area contributed by atoms with Crippen molar-refractivity contribution in [2.75, 3.05) is 19.8 Å². The van der Waals surface area contributed by atoms with Crippen LogP contribution in [0.3, 0.4) is 0 Å². The van der Waals surface area contributed by atoms with Crippen molar-refractivity contribution < 1.29 is 23.4 Å². The Hall–Kier alpha value is -3.09. The minimum Gasteiger partial charge on any atom is -0.491 e. The third-order valence-electron chi connectivity index (χ3n) is 5.08. The topological polar surface area (TPSA) is 48.0 Å². The highest BCUT2D eigenvalue weighted by Gasteiger charge is 2.20. The molecule has 0 aromatic heterocycles. The van der Waals surface area contributed by atoms with Gasteiger partial charge in [0.15, 0.2) is 6.61 Å². The van der Waals surface area contributed by atoms with Gasteiger partial charge in [0, 0.05) is 17.1 Å². The van der Waals surface area contributed by atoms with Gasteiger partial charge in [-0.3, -0.25) is 4.79 Å². The quantitative estimate of drug-likeness (QED) is 0.503. The van der Waals surface area contributed by atoms with Gasteiger partial charge < -0.3 is 19.1 Å². The number of hydrogen-bond acceptors (Lipinski definition) is 4. The second-order valence-corrected chi connectivity index (χ2v) is 7.90. The second-order valence-electron chi connectivity index (χ2n) is 7.47. The van der Waals surface area contributed by atoms with Crippen molar-refractivity contribution in [3.05, 3.63) is 94.3 Å². The standard InChI is InChI=1S/C25H23ClFNO4/c26-21-4-1-18(2-5-21)15-30-16-19-3-10-24-20(13-19)14-28(11-12-31-24)25(29)17-32-23-8-6-22(27)7-9-23/h1-10,13H,11-12,14-17H2. The molecular weight excluding hydrogens is 433 g/mol. The smallest absolute Gasteiger partial charge is 0.260 e. The third-order valence-corrected chi connectivity index (χ3v) is 5.34. The van der Waals surface area contributed by atoms with Crippen molar-refractivity contribution in [3.8, 4) is 11.5 Å². The molecule has 0 bridgehead atoms. The fourth-order valence-electron chi connectivity index (χ4n) is 3.38. The lowest BCUT2D eigenvalue weighted by atomic mass is 10.1. The molecular formula is C25H23ClFNO4. The van der Waals surface area contributed by atoms with Gasteiger partial charge in [0.25, 0.3) is 5.91 Å². The van der Waals surface area contributed by atoms with Crippen molar-refractivity contribution in [2.24, 2.45) is 0 Å². The largest absolute Gasteiger partial charge is 0.491 e. The average Bonchev–Trinajstić information content (AvgIpc) is 3.02. The van der Waals surface area contributed by atoms with Crippen LogP contribution in [0.2, 0.25) is 5.02 Å². The van der Waals surface area contributed by atoms with Gasteiger partial charge >= 0.3 is 0 Å². The lowest BCUT2D eigenvalue weighted by Crippen LogP contribution is -2.36. The molecule has 1 aliphatic heterocycles. The summed E-state index contributed by atoms with van der Waals surface area (Å²) in [5.41, 5.74) is 2.97. The van der Waals surface area contributed by atoms with Crippen LogP contribution in [0.15, 0.2) is 66.7 Å². The number of nitrogens with zero attached hydrogens (tertiary/aromatic N) is 1. The first-order chi connectivity index (χ1) is 15.6. The SMILES string of the molecule is O=C(COc1ccc(F)cc1)N1CCOc2ccc(COCc3ccc(Cl)cc3)cc2C1. The highest BCUT2D eigenvalue weighted by Crippen LogP contribution is 2.25. The van der Waals surface area contributed by atoms with Gasteiger partial charge in [-0.25, -0.2) is 4.39 Å². The van der Waals surface area contributed by atoms with Crippen LogP contribution in [0.5, 0.6) is 11.5 Å². The molecule has 0 unspecified atom stereocenters. The molecule has 0 fully saturated rings. The van der Waals surface area contributed by atoms with Crippen LogP contribution < -0.4 is 9.47 Å². The molecule has 0 spiro atoms. The maximum absolute atomic E-state index is 13.0. The van der Waals surface area contributed by atoms with Crippen molar-refractivity contribution in [1.29, 1.82) is 0 Å². The Morgan fingerprint density at radius 2 is 1.72 bits per heavy atom. The highest BCUT2D eigenvalue weighted by molar-refractivity contribution is 6.30. The molecule has 1 amide bonds. The van der Waals surface area contributed by atoms with Crippen LogP contribution in [0.4, 0.5) is 4.39 Å². The molecule has 3 aromatic rings. The van der Waals surface area contributed by atoms with Crippen LogP contribution in [0, 0.1) is 5.82 Å². The highest BCUT2D eigenvalue weighted by atomic mass is 35.5. The first kappa shape index (κ1) is 22.1. The summed E-state index contributed by atoms with van der Waals surface area (Å²) in [5.74, 6) is 0.709. The monoisotopic (exact) mass is 455 g/mol. The molecule has 0 atom stereocenters. The molecule has 7 heteroatoms. The molecule has 4 rings (SSSR count). The van der Waals surface area contributed by atoms with Gasteiger partial charge in [-0.2, -0.15) is 0 Å². The lowest BCUT2D eigenvalue weighted by Gasteiger charge is -2.20. The van der Waals surface area contributed by atoms with Gasteiger partial charge in [-0.15, -0.1) is 0 Å². The maximum Gasteiger partial charge on any atom is 0.260 e. The van der Waals surface area contributed by atoms with E-state index in [-0.39, 0.29) is 18.3 Å². The number of benzene rings is 3. The van der Waals surface area contributed by atoms with E-state index in [4.69, 9.17) is 25.8 Å². The summed E-state index contributed by atoms with van der Waals surface area (Å²) in [4.78, 5) is 14.4. The molecule has 0 radical (unpaired) electrons. The van der Waals surface area contributed by atoms with Crippen molar-refractivity contribution >= 4 is 17.5 Å². The number of amides is 1. The fraction of sp³-hybridized carbons (Fsp3) is 0.240. The van der Waals surface area contributed by atoms with Gasteiger partial charge in [0.1, 0.15) is 23.9 Å². The van der Waals surface area contributed by atoms with E-state index in [0.717, 1.165) is 22.4 Å². The Bertz CT molecular complexity index is 1060. The van der Waals surface area contributed by atoms with Gasteiger partial charge in [0.2, 0.25) is 0 Å². The molecule has 0 saturated heterocycles. The Morgan fingerprint density at radius 3 is 2.50 bits per heavy atom. The van der Waals surface area contributed by atoms with Gasteiger partial charge in [0.05, 0.1) is 19.8 Å². The van der Waals surface area contributed by atoms with E-state index < -0.39 is 0 Å². The summed E-state index contributed by atoms with van der Waals surface area (Å²) in [5, 5.41) is 0.696. The van der Waals surface area contributed by atoms with E-state index in [1.165, 1.54) is 24.3 Å². The van der Waals surface area contributed by atoms with E-state index in [2.05, 4.69) is 0 Å². The lowest BCUT2D eigenvalue weighted by molar-refractivity contribution is -0.134. The second kappa shape index (κ2) is 10.5. The number of fused-ring (bicyclic) bond motifs is 1. The molecule has 1 heterocycles. The number of ether oxygens (including phenoxy) is 3. The summed E-state index contributed by atoms with van der Waals surface area (Å²) in [6, 6.07) is 19.0. The molecule has 0 saturated carbocycles. The Balaban J connectivity index is 1.34. The third kappa shape index (κ3) is 5.99. The molecule has 0 aliphatic carbocycles. The summed E-state index contributed by atoms with van der Waals surface area (Å²) in [7, 11) is 0. The van der Waals surface area contributed by atoms with Crippen LogP contribution in [0.25, 0.3) is 0 Å². The Kier molecular flexibility index (Phi) is 7.24. The van der Waals surface area contributed by atoms with Crippen LogP contribution >= 0.6 is 11.6 Å². The zero-order valence-corrected chi connectivity index (χ0v) is 18.2. The number of carbonyl (C=O) groups is 1. The molecule has 32 heavy (non-hydrogen) atoms.